The summed E-state index contributed by atoms with van der Waals surface area (Å²) in [5.41, 5.74) is -3.67. The van der Waals surface area contributed by atoms with Gasteiger partial charge in [0.1, 0.15) is 5.76 Å². The molecule has 0 spiro atoms. The zero-order valence-corrected chi connectivity index (χ0v) is 20.4. The summed E-state index contributed by atoms with van der Waals surface area (Å²) in [5.74, 6) is -1.29. The number of fused-ring (bicyclic) bond motifs is 5. The van der Waals surface area contributed by atoms with E-state index in [1.807, 2.05) is 13.8 Å². The Morgan fingerprint density at radius 2 is 1.78 bits per heavy atom. The third-order valence-electron chi connectivity index (χ3n) is 10.7. The van der Waals surface area contributed by atoms with Gasteiger partial charge in [0.25, 0.3) is 0 Å². The van der Waals surface area contributed by atoms with Crippen molar-refractivity contribution in [3.05, 3.63) is 23.0 Å². The van der Waals surface area contributed by atoms with Gasteiger partial charge in [-0.1, -0.05) is 32.4 Å². The molecule has 0 aromatic rings. The molecule has 6 heteroatoms. The number of hydrogen-bond acceptors (Lipinski definition) is 6. The molecule has 178 valence electrons. The summed E-state index contributed by atoms with van der Waals surface area (Å²) in [5, 5.41) is 32.9. The molecule has 0 bridgehead atoms. The Bertz CT molecular complexity index is 946. The predicted molar refractivity (Wildman–Crippen MR) is 120 cm³/mol. The van der Waals surface area contributed by atoms with Crippen LogP contribution in [-0.2, 0) is 14.3 Å². The Morgan fingerprint density at radius 1 is 1.16 bits per heavy atom. The first-order valence-electron chi connectivity index (χ1n) is 11.8. The van der Waals surface area contributed by atoms with Crippen molar-refractivity contribution in [3.63, 3.8) is 0 Å². The molecule has 4 aliphatic carbocycles. The van der Waals surface area contributed by atoms with Crippen molar-refractivity contribution in [3.8, 4) is 0 Å². The maximum Gasteiger partial charge on any atom is 0.321 e. The fraction of sp³-hybridized carbons (Fsp3) is 0.769. The number of methoxy groups -OCH3 is 1. The minimum atomic E-state index is -1.60. The van der Waals surface area contributed by atoms with Crippen LogP contribution < -0.4 is 0 Å². The van der Waals surface area contributed by atoms with Gasteiger partial charge in [-0.2, -0.15) is 0 Å². The summed E-state index contributed by atoms with van der Waals surface area (Å²) < 4.78 is 5.32. The highest BCUT2D eigenvalue weighted by Gasteiger charge is 2.80. The van der Waals surface area contributed by atoms with Crippen LogP contribution in [0.4, 0.5) is 0 Å². The molecular formula is C26H38O6. The summed E-state index contributed by atoms with van der Waals surface area (Å²) in [6.07, 6.45) is 4.05. The van der Waals surface area contributed by atoms with Crippen LogP contribution in [0.2, 0.25) is 0 Å². The van der Waals surface area contributed by atoms with E-state index in [2.05, 4.69) is 19.9 Å². The zero-order valence-electron chi connectivity index (χ0n) is 20.4. The number of rotatable bonds is 2. The highest BCUT2D eigenvalue weighted by atomic mass is 16.5. The first-order valence-corrected chi connectivity index (χ1v) is 11.8. The summed E-state index contributed by atoms with van der Waals surface area (Å²) >= 11 is 0. The monoisotopic (exact) mass is 446 g/mol. The molecule has 0 heterocycles. The number of ketones is 1. The van der Waals surface area contributed by atoms with Crippen molar-refractivity contribution in [2.24, 2.45) is 38.9 Å². The molecule has 2 saturated carbocycles. The van der Waals surface area contributed by atoms with E-state index in [-0.39, 0.29) is 35.6 Å². The number of carbonyl (C=O) groups excluding carboxylic acids is 2. The second-order valence-corrected chi connectivity index (χ2v) is 11.8. The average Bonchev–Trinajstić information content (AvgIpc) is 2.91. The van der Waals surface area contributed by atoms with Crippen LogP contribution >= 0.6 is 0 Å². The topological polar surface area (TPSA) is 104 Å². The molecule has 32 heavy (non-hydrogen) atoms. The normalized spacial score (nSPS) is 47.3. The van der Waals surface area contributed by atoms with E-state index in [0.29, 0.717) is 25.7 Å². The quantitative estimate of drug-likeness (QED) is 0.339. The van der Waals surface area contributed by atoms with Gasteiger partial charge in [0.15, 0.2) is 11.2 Å². The van der Waals surface area contributed by atoms with Crippen molar-refractivity contribution in [2.45, 2.75) is 73.3 Å². The van der Waals surface area contributed by atoms with Crippen LogP contribution in [0.1, 0.15) is 67.2 Å². The average molecular weight is 447 g/mol. The SMILES string of the molecule is COC(=O)[C@]12C(=O)C(C)=C(O)[C@]1(C)C(C)=C[C@H]1[C@@]3(CO)CC[C@H](O)C(C)(C)[C@@H]3CC[C@@]12C. The van der Waals surface area contributed by atoms with E-state index in [9.17, 15) is 24.9 Å². The predicted octanol–water partition coefficient (Wildman–Crippen LogP) is 3.72. The second-order valence-electron chi connectivity index (χ2n) is 11.8. The van der Waals surface area contributed by atoms with Crippen LogP contribution in [0.15, 0.2) is 23.0 Å². The molecule has 0 radical (unpaired) electrons. The third-order valence-corrected chi connectivity index (χ3v) is 10.7. The van der Waals surface area contributed by atoms with Crippen molar-refractivity contribution < 1.29 is 29.6 Å². The van der Waals surface area contributed by atoms with Gasteiger partial charge in [-0.3, -0.25) is 9.59 Å². The molecule has 2 fully saturated rings. The summed E-state index contributed by atoms with van der Waals surface area (Å²) in [6, 6.07) is 0. The molecule has 0 aromatic carbocycles. The Labute approximate surface area is 190 Å². The summed E-state index contributed by atoms with van der Waals surface area (Å²) in [6.45, 7) is 11.3. The number of Topliss-reactive ketones (excluding diaryl/α,β-unsaturated/α-hetero) is 1. The maximum atomic E-state index is 14.0. The van der Waals surface area contributed by atoms with E-state index in [0.717, 1.165) is 5.57 Å². The lowest BCUT2D eigenvalue weighted by Crippen LogP contribution is -2.70. The molecule has 0 saturated heterocycles. The molecule has 3 N–H and O–H groups in total. The lowest BCUT2D eigenvalue weighted by molar-refractivity contribution is -0.226. The minimum Gasteiger partial charge on any atom is -0.511 e. The van der Waals surface area contributed by atoms with Gasteiger partial charge in [0.2, 0.25) is 0 Å². The van der Waals surface area contributed by atoms with Gasteiger partial charge < -0.3 is 20.1 Å². The molecule has 4 rings (SSSR count). The van der Waals surface area contributed by atoms with E-state index >= 15 is 0 Å². The highest BCUT2D eigenvalue weighted by molar-refractivity contribution is 6.17. The molecule has 0 aliphatic heterocycles. The number of aliphatic hydroxyl groups excluding tert-OH is 3. The zero-order chi connectivity index (χ0) is 24.1. The number of esters is 1. The Hall–Kier alpha value is -1.66. The van der Waals surface area contributed by atoms with E-state index < -0.39 is 39.1 Å². The van der Waals surface area contributed by atoms with Crippen molar-refractivity contribution in [1.29, 1.82) is 0 Å². The molecule has 0 amide bonds. The Morgan fingerprint density at radius 3 is 2.34 bits per heavy atom. The van der Waals surface area contributed by atoms with Crippen LogP contribution in [0, 0.1) is 38.9 Å². The lowest BCUT2D eigenvalue weighted by Gasteiger charge is -2.69. The summed E-state index contributed by atoms with van der Waals surface area (Å²) in [7, 11) is 1.30. The van der Waals surface area contributed by atoms with Crippen LogP contribution in [-0.4, -0.2) is 46.9 Å². The molecule has 6 nitrogen and oxygen atoms in total. The Balaban J connectivity index is 2.05. The molecule has 4 aliphatic rings. The van der Waals surface area contributed by atoms with Crippen LogP contribution in [0.5, 0.6) is 0 Å². The molecule has 0 unspecified atom stereocenters. The fourth-order valence-corrected chi connectivity index (χ4v) is 8.83. The van der Waals surface area contributed by atoms with Crippen molar-refractivity contribution >= 4 is 11.8 Å². The number of allylic oxidation sites excluding steroid dienone is 3. The first kappa shape index (κ1) is 23.5. The van der Waals surface area contributed by atoms with Crippen molar-refractivity contribution in [1.82, 2.24) is 0 Å². The summed E-state index contributed by atoms with van der Waals surface area (Å²) in [4.78, 5) is 27.7. The number of carbonyl (C=O) groups is 2. The first-order chi connectivity index (χ1) is 14.7. The molecule has 7 atom stereocenters. The molecular weight excluding hydrogens is 408 g/mol. The number of aliphatic hydroxyl groups is 3. The van der Waals surface area contributed by atoms with E-state index in [1.165, 1.54) is 7.11 Å². The highest BCUT2D eigenvalue weighted by Crippen LogP contribution is 2.77. The van der Waals surface area contributed by atoms with Gasteiger partial charge in [0, 0.05) is 17.6 Å². The van der Waals surface area contributed by atoms with E-state index in [4.69, 9.17) is 4.74 Å². The second kappa shape index (κ2) is 6.69. The van der Waals surface area contributed by atoms with Gasteiger partial charge in [-0.15, -0.1) is 0 Å². The lowest BCUT2D eigenvalue weighted by atomic mass is 9.33. The van der Waals surface area contributed by atoms with Gasteiger partial charge in [-0.25, -0.2) is 0 Å². The maximum absolute atomic E-state index is 14.0. The van der Waals surface area contributed by atoms with Gasteiger partial charge in [-0.05, 0) is 69.1 Å². The van der Waals surface area contributed by atoms with Gasteiger partial charge in [0.05, 0.1) is 18.6 Å². The largest absolute Gasteiger partial charge is 0.511 e. The van der Waals surface area contributed by atoms with E-state index in [1.54, 1.807) is 13.8 Å². The smallest absolute Gasteiger partial charge is 0.321 e. The Kier molecular flexibility index (Phi) is 4.91. The van der Waals surface area contributed by atoms with Crippen LogP contribution in [0.3, 0.4) is 0 Å². The standard InChI is InChI=1S/C26H38O6/c1-14-12-17-23(5,10-8-16-22(3,4)18(28)9-11-25(16,17)13-27)26(21(31)32-7)20(30)15(2)19(29)24(14,26)6/h12,16-18,27-29H,8-11,13H2,1-7H3/t16-,17+,18-,23-,24-,25+,26-/m0/s1. The third kappa shape index (κ3) is 2.15. The molecule has 0 aromatic heterocycles. The van der Waals surface area contributed by atoms with Crippen LogP contribution in [0.25, 0.3) is 0 Å². The fourth-order valence-electron chi connectivity index (χ4n) is 8.83. The van der Waals surface area contributed by atoms with Gasteiger partial charge >= 0.3 is 5.97 Å². The van der Waals surface area contributed by atoms with Crippen molar-refractivity contribution in [2.75, 3.05) is 13.7 Å². The minimum absolute atomic E-state index is 0.0316. The number of hydrogen-bond donors (Lipinski definition) is 3. The number of ether oxygens (including phenoxy) is 1.